The predicted molar refractivity (Wildman–Crippen MR) is 68.5 cm³/mol. The van der Waals surface area contributed by atoms with Crippen molar-refractivity contribution in [2.75, 3.05) is 12.1 Å². The van der Waals surface area contributed by atoms with Gasteiger partial charge in [0.25, 0.3) is 0 Å². The number of carboxylic acid groups (broad SMARTS) is 1. The molecule has 1 aromatic rings. The van der Waals surface area contributed by atoms with Gasteiger partial charge in [-0.15, -0.1) is 11.6 Å². The standard InChI is InChI=1S/C10H11ClN2O4S/c1-18(16,17)8-3-6(10(14)15)2-7(4-8)13-9(12)5-11/h2-4H,5H2,1H3,(H2,12,13)(H,14,15). The number of hydrogen-bond donors (Lipinski definition) is 2. The number of carbonyl (C=O) groups is 1. The van der Waals surface area contributed by atoms with Crippen molar-refractivity contribution in [2.24, 2.45) is 10.7 Å². The van der Waals surface area contributed by atoms with E-state index >= 15 is 0 Å². The summed E-state index contributed by atoms with van der Waals surface area (Å²) in [6.07, 6.45) is 0.979. The number of nitrogens with zero attached hydrogens (tertiary/aromatic N) is 1. The lowest BCUT2D eigenvalue weighted by Gasteiger charge is -2.04. The minimum Gasteiger partial charge on any atom is -0.478 e. The van der Waals surface area contributed by atoms with E-state index in [-0.39, 0.29) is 27.9 Å². The Hall–Kier alpha value is -1.60. The normalized spacial score (nSPS) is 12.4. The molecule has 98 valence electrons. The minimum absolute atomic E-state index is 0.0362. The Morgan fingerprint density at radius 3 is 2.50 bits per heavy atom. The van der Waals surface area contributed by atoms with Crippen LogP contribution in [0.3, 0.4) is 0 Å². The summed E-state index contributed by atoms with van der Waals surface area (Å²) in [6.45, 7) is 0. The molecule has 0 bridgehead atoms. The van der Waals surface area contributed by atoms with Gasteiger partial charge in [-0.25, -0.2) is 18.2 Å². The number of rotatable bonds is 4. The number of hydrogen-bond acceptors (Lipinski definition) is 4. The average molecular weight is 291 g/mol. The van der Waals surface area contributed by atoms with Crippen molar-refractivity contribution in [3.05, 3.63) is 23.8 Å². The van der Waals surface area contributed by atoms with Crippen LogP contribution in [-0.2, 0) is 9.84 Å². The first-order valence-electron chi connectivity index (χ1n) is 4.71. The van der Waals surface area contributed by atoms with Crippen LogP contribution in [0.2, 0.25) is 0 Å². The number of aliphatic imine (C=N–C) groups is 1. The summed E-state index contributed by atoms with van der Waals surface area (Å²) < 4.78 is 22.8. The number of halogens is 1. The molecule has 0 heterocycles. The topological polar surface area (TPSA) is 110 Å². The maximum Gasteiger partial charge on any atom is 0.335 e. The van der Waals surface area contributed by atoms with Crippen molar-refractivity contribution in [1.82, 2.24) is 0 Å². The smallest absolute Gasteiger partial charge is 0.335 e. The van der Waals surface area contributed by atoms with Gasteiger partial charge in [0.1, 0.15) is 5.84 Å². The van der Waals surface area contributed by atoms with Crippen molar-refractivity contribution in [1.29, 1.82) is 0 Å². The average Bonchev–Trinajstić information content (AvgIpc) is 2.27. The lowest BCUT2D eigenvalue weighted by atomic mass is 10.2. The molecule has 0 unspecified atom stereocenters. The van der Waals surface area contributed by atoms with Crippen molar-refractivity contribution in [3.63, 3.8) is 0 Å². The Balaban J connectivity index is 3.46. The van der Waals surface area contributed by atoms with Gasteiger partial charge in [0.05, 0.1) is 22.0 Å². The van der Waals surface area contributed by atoms with Crippen LogP contribution in [0.1, 0.15) is 10.4 Å². The van der Waals surface area contributed by atoms with E-state index in [1.54, 1.807) is 0 Å². The van der Waals surface area contributed by atoms with Crippen LogP contribution in [0, 0.1) is 0 Å². The molecule has 0 atom stereocenters. The Kier molecular flexibility index (Phi) is 4.31. The maximum atomic E-state index is 11.4. The maximum absolute atomic E-state index is 11.4. The zero-order valence-corrected chi connectivity index (χ0v) is 11.0. The molecule has 18 heavy (non-hydrogen) atoms. The molecule has 8 heteroatoms. The molecule has 0 aliphatic carbocycles. The molecule has 1 aromatic carbocycles. The molecule has 0 radical (unpaired) electrons. The molecular weight excluding hydrogens is 280 g/mol. The van der Waals surface area contributed by atoms with Crippen LogP contribution in [0.5, 0.6) is 0 Å². The lowest BCUT2D eigenvalue weighted by Crippen LogP contribution is -2.12. The first kappa shape index (κ1) is 14.5. The summed E-state index contributed by atoms with van der Waals surface area (Å²) in [4.78, 5) is 14.6. The molecule has 3 N–H and O–H groups in total. The monoisotopic (exact) mass is 290 g/mol. The number of amidine groups is 1. The van der Waals surface area contributed by atoms with Crippen LogP contribution >= 0.6 is 11.6 Å². The van der Waals surface area contributed by atoms with E-state index < -0.39 is 15.8 Å². The number of aromatic carboxylic acids is 1. The number of carboxylic acids is 1. The van der Waals surface area contributed by atoms with E-state index in [0.717, 1.165) is 12.3 Å². The first-order chi connectivity index (χ1) is 8.24. The number of benzene rings is 1. The van der Waals surface area contributed by atoms with Gasteiger partial charge >= 0.3 is 5.97 Å². The summed E-state index contributed by atoms with van der Waals surface area (Å²) in [6, 6.07) is 3.52. The van der Waals surface area contributed by atoms with Gasteiger partial charge in [-0.2, -0.15) is 0 Å². The first-order valence-corrected chi connectivity index (χ1v) is 7.14. The highest BCUT2D eigenvalue weighted by Gasteiger charge is 2.13. The fourth-order valence-corrected chi connectivity index (χ4v) is 1.92. The van der Waals surface area contributed by atoms with E-state index in [1.165, 1.54) is 12.1 Å². The number of sulfone groups is 1. The largest absolute Gasteiger partial charge is 0.478 e. The molecule has 0 saturated carbocycles. The van der Waals surface area contributed by atoms with Crippen molar-refractivity contribution >= 4 is 38.9 Å². The van der Waals surface area contributed by atoms with E-state index in [0.29, 0.717) is 0 Å². The fraction of sp³-hybridized carbons (Fsp3) is 0.200. The fourth-order valence-electron chi connectivity index (χ4n) is 1.18. The molecule has 0 aromatic heterocycles. The molecule has 6 nitrogen and oxygen atoms in total. The number of nitrogens with two attached hydrogens (primary N) is 1. The van der Waals surface area contributed by atoms with E-state index in [1.807, 2.05) is 0 Å². The Bertz CT molecular complexity index is 610. The molecule has 0 aliphatic heterocycles. The van der Waals surface area contributed by atoms with Gasteiger partial charge in [0.2, 0.25) is 0 Å². The highest BCUT2D eigenvalue weighted by atomic mass is 35.5. The third kappa shape index (κ3) is 3.71. The SMILES string of the molecule is CS(=O)(=O)c1cc(N=C(N)CCl)cc(C(=O)O)c1. The van der Waals surface area contributed by atoms with Gasteiger partial charge < -0.3 is 10.8 Å². The summed E-state index contributed by atoms with van der Waals surface area (Å²) in [5, 5.41) is 8.89. The molecular formula is C10H11ClN2O4S. The van der Waals surface area contributed by atoms with Crippen molar-refractivity contribution in [2.45, 2.75) is 4.90 Å². The second-order valence-corrected chi connectivity index (χ2v) is 5.81. The quantitative estimate of drug-likeness (QED) is 0.488. The summed E-state index contributed by atoms with van der Waals surface area (Å²) in [5.74, 6) is -1.22. The van der Waals surface area contributed by atoms with Gasteiger partial charge in [0.15, 0.2) is 9.84 Å². The van der Waals surface area contributed by atoms with Crippen LogP contribution in [-0.4, -0.2) is 37.5 Å². The van der Waals surface area contributed by atoms with E-state index in [9.17, 15) is 13.2 Å². The zero-order valence-electron chi connectivity index (χ0n) is 9.42. The number of alkyl halides is 1. The molecule has 1 rings (SSSR count). The van der Waals surface area contributed by atoms with Gasteiger partial charge in [-0.1, -0.05) is 0 Å². The van der Waals surface area contributed by atoms with Crippen LogP contribution in [0.25, 0.3) is 0 Å². The predicted octanol–water partition coefficient (Wildman–Crippen LogP) is 1.02. The Morgan fingerprint density at radius 1 is 1.44 bits per heavy atom. The van der Waals surface area contributed by atoms with Gasteiger partial charge in [-0.3, -0.25) is 0 Å². The molecule has 0 aliphatic rings. The lowest BCUT2D eigenvalue weighted by molar-refractivity contribution is 0.0696. The zero-order chi connectivity index (χ0) is 13.9. The molecule has 0 spiro atoms. The molecule has 0 saturated heterocycles. The van der Waals surface area contributed by atoms with Crippen molar-refractivity contribution in [3.8, 4) is 0 Å². The summed E-state index contributed by atoms with van der Waals surface area (Å²) >= 11 is 5.44. The molecule has 0 fully saturated rings. The van der Waals surface area contributed by atoms with Crippen LogP contribution in [0.4, 0.5) is 5.69 Å². The van der Waals surface area contributed by atoms with E-state index in [4.69, 9.17) is 22.4 Å². The Morgan fingerprint density at radius 2 is 2.06 bits per heavy atom. The second kappa shape index (κ2) is 5.36. The highest BCUT2D eigenvalue weighted by molar-refractivity contribution is 7.90. The van der Waals surface area contributed by atoms with Gasteiger partial charge in [-0.05, 0) is 18.2 Å². The minimum atomic E-state index is -3.53. The van der Waals surface area contributed by atoms with Crippen LogP contribution in [0.15, 0.2) is 28.1 Å². The third-order valence-corrected chi connectivity index (χ3v) is 3.34. The second-order valence-electron chi connectivity index (χ2n) is 3.53. The summed E-state index contributed by atoms with van der Waals surface area (Å²) in [7, 11) is -3.53. The van der Waals surface area contributed by atoms with Crippen molar-refractivity contribution < 1.29 is 18.3 Å². The van der Waals surface area contributed by atoms with E-state index in [2.05, 4.69) is 4.99 Å². The molecule has 0 amide bonds. The Labute approximate surface area is 109 Å². The highest BCUT2D eigenvalue weighted by Crippen LogP contribution is 2.21. The van der Waals surface area contributed by atoms with Gasteiger partial charge in [0, 0.05) is 6.26 Å². The third-order valence-electron chi connectivity index (χ3n) is 1.98. The van der Waals surface area contributed by atoms with Crippen LogP contribution < -0.4 is 5.73 Å². The summed E-state index contributed by atoms with van der Waals surface area (Å²) in [5.41, 5.74) is 5.36.